The molecule has 10 heteroatoms. The predicted octanol–water partition coefficient (Wildman–Crippen LogP) is 2.27. The molecule has 0 heterocycles. The Balaban J connectivity index is 1.73. The molecule has 0 radical (unpaired) electrons. The van der Waals surface area contributed by atoms with Crippen molar-refractivity contribution in [2.24, 2.45) is 0 Å². The van der Waals surface area contributed by atoms with Crippen molar-refractivity contribution in [1.29, 1.82) is 0 Å². The van der Waals surface area contributed by atoms with E-state index in [-0.39, 0.29) is 17.2 Å². The number of rotatable bonds is 8. The Kier molecular flexibility index (Phi) is 6.50. The second-order valence-corrected chi connectivity index (χ2v) is 9.73. The lowest BCUT2D eigenvalue weighted by atomic mass is 10.1. The van der Waals surface area contributed by atoms with Crippen LogP contribution in [0.15, 0.2) is 65.6 Å². The highest BCUT2D eigenvalue weighted by molar-refractivity contribution is 7.89. The number of phosphoric acid groups is 1. The first-order chi connectivity index (χ1) is 14.1. The zero-order valence-corrected chi connectivity index (χ0v) is 18.2. The molecule has 0 spiro atoms. The number of hydrogen-bond acceptors (Lipinski definition) is 6. The zero-order valence-electron chi connectivity index (χ0n) is 16.5. The van der Waals surface area contributed by atoms with E-state index in [4.69, 9.17) is 4.89 Å². The summed E-state index contributed by atoms with van der Waals surface area (Å²) in [5.74, 6) is -0.0207. The average molecular weight is 449 g/mol. The third kappa shape index (κ3) is 5.38. The third-order valence-corrected chi connectivity index (χ3v) is 6.44. The van der Waals surface area contributed by atoms with Gasteiger partial charge in [0.25, 0.3) is 0 Å². The van der Waals surface area contributed by atoms with Gasteiger partial charge >= 0.3 is 7.82 Å². The Morgan fingerprint density at radius 2 is 1.67 bits per heavy atom. The highest BCUT2D eigenvalue weighted by Crippen LogP contribution is 2.33. The molecule has 0 saturated heterocycles. The summed E-state index contributed by atoms with van der Waals surface area (Å²) in [6.07, 6.45) is 0.390. The second kappa shape index (κ2) is 8.75. The molecule has 8 nitrogen and oxygen atoms in total. The van der Waals surface area contributed by atoms with Crippen molar-refractivity contribution in [3.05, 3.63) is 66.2 Å². The summed E-state index contributed by atoms with van der Waals surface area (Å²) in [4.78, 5) is 21.6. The van der Waals surface area contributed by atoms with Crippen molar-refractivity contribution in [2.45, 2.75) is 11.3 Å². The molecular weight excluding hydrogens is 427 g/mol. The van der Waals surface area contributed by atoms with Crippen molar-refractivity contribution in [3.8, 4) is 5.75 Å². The topological polar surface area (TPSA) is 119 Å². The summed E-state index contributed by atoms with van der Waals surface area (Å²) in [6.45, 7) is 0.159. The first-order valence-electron chi connectivity index (χ1n) is 9.08. The molecule has 0 amide bonds. The molecule has 0 aliphatic heterocycles. The summed E-state index contributed by atoms with van der Waals surface area (Å²) in [5, 5.41) is 1.49. The third-order valence-electron chi connectivity index (χ3n) is 4.48. The van der Waals surface area contributed by atoms with Gasteiger partial charge in [0.1, 0.15) is 5.75 Å². The molecule has 0 aromatic heterocycles. The van der Waals surface area contributed by atoms with Crippen LogP contribution in [-0.4, -0.2) is 34.0 Å². The Morgan fingerprint density at radius 1 is 1.03 bits per heavy atom. The molecule has 2 N–H and O–H groups in total. The lowest BCUT2D eigenvalue weighted by Gasteiger charge is -2.17. The normalized spacial score (nSPS) is 13.7. The molecular formula is C20H22N2O6PS-. The van der Waals surface area contributed by atoms with Crippen LogP contribution in [0.25, 0.3) is 10.8 Å². The molecule has 0 fully saturated rings. The summed E-state index contributed by atoms with van der Waals surface area (Å²) >= 11 is 0. The summed E-state index contributed by atoms with van der Waals surface area (Å²) in [7, 11) is -4.78. The van der Waals surface area contributed by atoms with Gasteiger partial charge < -0.3 is 19.2 Å². The average Bonchev–Trinajstić information content (AvgIpc) is 2.67. The minimum absolute atomic E-state index is 0.0207. The predicted molar refractivity (Wildman–Crippen MR) is 114 cm³/mol. The number of nitrogens with zero attached hydrogens (tertiary/aromatic N) is 1. The molecule has 3 aromatic rings. The van der Waals surface area contributed by atoms with Crippen LogP contribution in [0.4, 0.5) is 5.69 Å². The van der Waals surface area contributed by atoms with Gasteiger partial charge in [-0.2, -0.15) is 0 Å². The van der Waals surface area contributed by atoms with Crippen molar-refractivity contribution >= 4 is 34.3 Å². The van der Waals surface area contributed by atoms with Crippen LogP contribution in [0, 0.1) is 0 Å². The molecule has 0 aliphatic carbocycles. The van der Waals surface area contributed by atoms with Gasteiger partial charge in [-0.1, -0.05) is 36.4 Å². The van der Waals surface area contributed by atoms with Crippen LogP contribution in [-0.2, 0) is 21.0 Å². The van der Waals surface area contributed by atoms with Gasteiger partial charge in [0.15, 0.2) is 0 Å². The minimum atomic E-state index is -4.85. The maximum absolute atomic E-state index is 12.9. The van der Waals surface area contributed by atoms with Crippen LogP contribution in [0.3, 0.4) is 0 Å². The molecule has 160 valence electrons. The highest BCUT2D eigenvalue weighted by atomic mass is 32.2. The monoisotopic (exact) mass is 449 g/mol. The van der Waals surface area contributed by atoms with Gasteiger partial charge in [0.2, 0.25) is 10.0 Å². The molecule has 1 unspecified atom stereocenters. The molecule has 1 atom stereocenters. The van der Waals surface area contributed by atoms with E-state index in [0.717, 1.165) is 16.6 Å². The second-order valence-electron chi connectivity index (χ2n) is 6.87. The lowest BCUT2D eigenvalue weighted by molar-refractivity contribution is -0.211. The first-order valence-corrected chi connectivity index (χ1v) is 12.1. The SMILES string of the molecule is CN(C)c1cccc2c(S(=O)(=O)NCCc3ccc(OP(=O)([O-])O)cc3)cccc12. The van der Waals surface area contributed by atoms with E-state index in [9.17, 15) is 17.9 Å². The fraction of sp³-hybridized carbons (Fsp3) is 0.200. The fourth-order valence-corrected chi connectivity index (χ4v) is 4.79. The Morgan fingerprint density at radius 3 is 2.30 bits per heavy atom. The van der Waals surface area contributed by atoms with Gasteiger partial charge in [0, 0.05) is 37.1 Å². The van der Waals surface area contributed by atoms with Crippen LogP contribution in [0.5, 0.6) is 5.75 Å². The van der Waals surface area contributed by atoms with E-state index < -0.39 is 17.8 Å². The largest absolute Gasteiger partial charge is 0.746 e. The molecule has 3 rings (SSSR count). The minimum Gasteiger partial charge on any atom is -0.746 e. The number of phosphoric ester groups is 1. The Bertz CT molecular complexity index is 1190. The van der Waals surface area contributed by atoms with Gasteiger partial charge in [-0.25, -0.2) is 13.1 Å². The molecule has 30 heavy (non-hydrogen) atoms. The zero-order chi connectivity index (χ0) is 21.9. The van der Waals surface area contributed by atoms with E-state index in [2.05, 4.69) is 9.25 Å². The van der Waals surface area contributed by atoms with Crippen LogP contribution >= 0.6 is 7.82 Å². The van der Waals surface area contributed by atoms with Gasteiger partial charge in [-0.05, 0) is 36.2 Å². The lowest BCUT2D eigenvalue weighted by Crippen LogP contribution is -2.26. The summed E-state index contributed by atoms with van der Waals surface area (Å²) in [6, 6.07) is 16.7. The number of anilines is 1. The Labute approximate surface area is 175 Å². The first kappa shape index (κ1) is 22.3. The smallest absolute Gasteiger partial charge is 0.317 e. The van der Waals surface area contributed by atoms with Crippen molar-refractivity contribution in [3.63, 3.8) is 0 Å². The van der Waals surface area contributed by atoms with Crippen molar-refractivity contribution in [1.82, 2.24) is 4.72 Å². The van der Waals surface area contributed by atoms with Crippen LogP contribution < -0.4 is 19.0 Å². The van der Waals surface area contributed by atoms with E-state index in [1.165, 1.54) is 12.1 Å². The number of benzene rings is 3. The number of hydrogen-bond donors (Lipinski definition) is 2. The summed E-state index contributed by atoms with van der Waals surface area (Å²) < 4.78 is 43.5. The van der Waals surface area contributed by atoms with E-state index in [0.29, 0.717) is 11.8 Å². The molecule has 3 aromatic carbocycles. The van der Waals surface area contributed by atoms with Gasteiger partial charge in [-0.3, -0.25) is 4.57 Å². The fourth-order valence-electron chi connectivity index (χ4n) is 3.15. The quantitative estimate of drug-likeness (QED) is 0.507. The van der Waals surface area contributed by atoms with Crippen LogP contribution in [0.1, 0.15) is 5.56 Å². The van der Waals surface area contributed by atoms with E-state index in [1.807, 2.05) is 37.2 Å². The Hall–Kier alpha value is -2.42. The van der Waals surface area contributed by atoms with E-state index >= 15 is 0 Å². The molecule has 0 bridgehead atoms. The van der Waals surface area contributed by atoms with Gasteiger partial charge in [0.05, 0.1) is 4.90 Å². The maximum atomic E-state index is 12.9. The van der Waals surface area contributed by atoms with Crippen molar-refractivity contribution in [2.75, 3.05) is 25.5 Å². The van der Waals surface area contributed by atoms with Crippen LogP contribution in [0.2, 0.25) is 0 Å². The number of sulfonamides is 1. The molecule has 0 saturated carbocycles. The summed E-state index contributed by atoms with van der Waals surface area (Å²) in [5.41, 5.74) is 1.70. The maximum Gasteiger partial charge on any atom is 0.317 e. The standard InChI is InChI=1S/C20H23N2O6PS/c1-22(2)19-7-3-6-18-17(19)5-4-8-20(18)30(26,27)21-14-13-15-9-11-16(12-10-15)28-29(23,24)25/h3-12,21H,13-14H2,1-2H3,(H2,23,24,25)/p-1. The van der Waals surface area contributed by atoms with E-state index in [1.54, 1.807) is 30.3 Å². The highest BCUT2D eigenvalue weighted by Gasteiger charge is 2.18. The van der Waals surface area contributed by atoms with Crippen molar-refractivity contribution < 1.29 is 27.3 Å². The number of fused-ring (bicyclic) bond motifs is 1. The number of nitrogens with one attached hydrogen (secondary N) is 1. The van der Waals surface area contributed by atoms with Gasteiger partial charge in [-0.15, -0.1) is 0 Å². The molecule has 0 aliphatic rings.